The normalized spacial score (nSPS) is 19.9. The van der Waals surface area contributed by atoms with Crippen LogP contribution in [0.1, 0.15) is 26.7 Å². The topological polar surface area (TPSA) is 83.8 Å². The van der Waals surface area contributed by atoms with E-state index in [0.29, 0.717) is 11.5 Å². The first-order chi connectivity index (χ1) is 6.78. The highest BCUT2D eigenvalue weighted by Gasteiger charge is 2.37. The predicted molar refractivity (Wildman–Crippen MR) is 56.0 cm³/mol. The smallest absolute Gasteiger partial charge is 0.318 e. The molecule has 0 radical (unpaired) electrons. The maximum Gasteiger partial charge on any atom is 0.318 e. The molecule has 0 atom stereocenters. The van der Waals surface area contributed by atoms with Crippen LogP contribution in [0.25, 0.3) is 0 Å². The van der Waals surface area contributed by atoms with Gasteiger partial charge in [-0.25, -0.2) is 4.21 Å². The zero-order valence-electron chi connectivity index (χ0n) is 8.86. The summed E-state index contributed by atoms with van der Waals surface area (Å²) in [6, 6.07) is 0. The van der Waals surface area contributed by atoms with Crippen LogP contribution in [0, 0.1) is 5.41 Å². The van der Waals surface area contributed by atoms with Crippen LogP contribution in [0.4, 0.5) is 0 Å². The van der Waals surface area contributed by atoms with Gasteiger partial charge < -0.3 is 5.11 Å². The van der Waals surface area contributed by atoms with Crippen molar-refractivity contribution >= 4 is 21.6 Å². The van der Waals surface area contributed by atoms with Crippen LogP contribution < -0.4 is 0 Å². The van der Waals surface area contributed by atoms with Gasteiger partial charge in [0, 0.05) is 11.5 Å². The zero-order valence-corrected chi connectivity index (χ0v) is 9.67. The highest BCUT2D eigenvalue weighted by atomic mass is 32.2. The summed E-state index contributed by atoms with van der Waals surface area (Å²) < 4.78 is 15.5. The van der Waals surface area contributed by atoms with Gasteiger partial charge in [-0.3, -0.25) is 9.59 Å². The number of aliphatic carboxylic acids is 1. The molecule has 1 aliphatic rings. The Labute approximate surface area is 89.0 Å². The molecule has 1 rings (SSSR count). The number of amides is 1. The maximum absolute atomic E-state index is 11.9. The van der Waals surface area contributed by atoms with Crippen LogP contribution in [0.3, 0.4) is 0 Å². The Kier molecular flexibility index (Phi) is 3.18. The SMILES string of the molecule is CC(C)(C(=O)O)C(=O)N=S1(=O)CCCC1. The molecule has 1 heterocycles. The summed E-state index contributed by atoms with van der Waals surface area (Å²) in [5.41, 5.74) is -1.58. The van der Waals surface area contributed by atoms with E-state index in [1.54, 1.807) is 0 Å². The summed E-state index contributed by atoms with van der Waals surface area (Å²) in [5.74, 6) is -1.21. The number of hydrogen-bond donors (Lipinski definition) is 1. The monoisotopic (exact) mass is 233 g/mol. The molecule has 15 heavy (non-hydrogen) atoms. The molecule has 0 saturated carbocycles. The Morgan fingerprint density at radius 1 is 1.27 bits per heavy atom. The molecule has 0 spiro atoms. The minimum atomic E-state index is -2.46. The Bertz CT molecular complexity index is 392. The van der Waals surface area contributed by atoms with Crippen molar-refractivity contribution in [3.63, 3.8) is 0 Å². The lowest BCUT2D eigenvalue weighted by Gasteiger charge is -2.14. The molecular formula is C9H15NO4S. The minimum absolute atomic E-state index is 0.411. The molecule has 0 aromatic rings. The van der Waals surface area contributed by atoms with Gasteiger partial charge in [0.1, 0.15) is 5.41 Å². The van der Waals surface area contributed by atoms with E-state index in [4.69, 9.17) is 5.11 Å². The fourth-order valence-electron chi connectivity index (χ4n) is 1.21. The van der Waals surface area contributed by atoms with Crippen LogP contribution in [0.2, 0.25) is 0 Å². The molecule has 5 nitrogen and oxygen atoms in total. The second-order valence-corrected chi connectivity index (χ2v) is 6.76. The van der Waals surface area contributed by atoms with E-state index in [-0.39, 0.29) is 0 Å². The van der Waals surface area contributed by atoms with Crippen molar-refractivity contribution in [2.75, 3.05) is 11.5 Å². The predicted octanol–water partition coefficient (Wildman–Crippen LogP) is 0.886. The summed E-state index contributed by atoms with van der Waals surface area (Å²) >= 11 is 0. The Morgan fingerprint density at radius 3 is 2.13 bits per heavy atom. The van der Waals surface area contributed by atoms with Crippen LogP contribution in [-0.4, -0.2) is 32.7 Å². The highest BCUT2D eigenvalue weighted by Crippen LogP contribution is 2.21. The van der Waals surface area contributed by atoms with Crippen molar-refractivity contribution < 1.29 is 18.9 Å². The summed E-state index contributed by atoms with van der Waals surface area (Å²) in [6.07, 6.45) is 1.59. The van der Waals surface area contributed by atoms with E-state index < -0.39 is 27.0 Å². The molecule has 1 saturated heterocycles. The first kappa shape index (κ1) is 12.2. The number of rotatable bonds is 2. The quantitative estimate of drug-likeness (QED) is 0.718. The number of carbonyl (C=O) groups excluding carboxylic acids is 1. The third-order valence-corrected chi connectivity index (χ3v) is 4.85. The lowest BCUT2D eigenvalue weighted by atomic mass is 9.93. The van der Waals surface area contributed by atoms with Gasteiger partial charge in [-0.05, 0) is 26.7 Å². The van der Waals surface area contributed by atoms with Crippen molar-refractivity contribution in [2.24, 2.45) is 9.78 Å². The van der Waals surface area contributed by atoms with E-state index in [1.165, 1.54) is 13.8 Å². The second kappa shape index (κ2) is 3.92. The van der Waals surface area contributed by atoms with Crippen molar-refractivity contribution in [1.29, 1.82) is 0 Å². The second-order valence-electron chi connectivity index (χ2n) is 4.21. The van der Waals surface area contributed by atoms with Gasteiger partial charge >= 0.3 is 5.97 Å². The molecule has 1 N–H and O–H groups in total. The van der Waals surface area contributed by atoms with E-state index in [0.717, 1.165) is 12.8 Å². The summed E-state index contributed by atoms with van der Waals surface area (Å²) in [7, 11) is -2.46. The Morgan fingerprint density at radius 2 is 1.73 bits per heavy atom. The lowest BCUT2D eigenvalue weighted by molar-refractivity contribution is -0.152. The van der Waals surface area contributed by atoms with E-state index in [9.17, 15) is 13.8 Å². The lowest BCUT2D eigenvalue weighted by Crippen LogP contribution is -2.32. The van der Waals surface area contributed by atoms with Crippen molar-refractivity contribution in [3.05, 3.63) is 0 Å². The molecular weight excluding hydrogens is 218 g/mol. The third kappa shape index (κ3) is 2.56. The molecule has 1 amide bonds. The minimum Gasteiger partial charge on any atom is -0.480 e. The molecule has 0 aromatic heterocycles. The van der Waals surface area contributed by atoms with Crippen LogP contribution in [-0.2, 0) is 19.3 Å². The number of carbonyl (C=O) groups is 2. The summed E-state index contributed by atoms with van der Waals surface area (Å²) in [4.78, 5) is 22.3. The zero-order chi connectivity index (χ0) is 11.7. The van der Waals surface area contributed by atoms with Crippen molar-refractivity contribution in [1.82, 2.24) is 0 Å². The largest absolute Gasteiger partial charge is 0.480 e. The molecule has 1 aliphatic heterocycles. The number of hydrogen-bond acceptors (Lipinski definition) is 3. The van der Waals surface area contributed by atoms with Gasteiger partial charge in [-0.1, -0.05) is 0 Å². The van der Waals surface area contributed by atoms with Gasteiger partial charge in [0.25, 0.3) is 5.91 Å². The number of nitrogens with zero attached hydrogens (tertiary/aromatic N) is 1. The van der Waals surface area contributed by atoms with E-state index >= 15 is 0 Å². The fraction of sp³-hybridized carbons (Fsp3) is 0.778. The Hall–Kier alpha value is -0.910. The van der Waals surface area contributed by atoms with Gasteiger partial charge in [0.05, 0.1) is 9.73 Å². The van der Waals surface area contributed by atoms with Gasteiger partial charge in [0.15, 0.2) is 0 Å². The summed E-state index contributed by atoms with van der Waals surface area (Å²) in [5, 5.41) is 8.80. The van der Waals surface area contributed by atoms with Gasteiger partial charge in [-0.15, -0.1) is 0 Å². The molecule has 6 heteroatoms. The average molecular weight is 233 g/mol. The Balaban J connectivity index is 2.97. The summed E-state index contributed by atoms with van der Waals surface area (Å²) in [6.45, 7) is 2.55. The third-order valence-electron chi connectivity index (χ3n) is 2.50. The molecule has 0 aromatic carbocycles. The van der Waals surface area contributed by atoms with E-state index in [1.807, 2.05) is 0 Å². The average Bonchev–Trinajstić information content (AvgIpc) is 2.51. The highest BCUT2D eigenvalue weighted by molar-refractivity contribution is 7.94. The van der Waals surface area contributed by atoms with Crippen molar-refractivity contribution in [2.45, 2.75) is 26.7 Å². The molecule has 1 fully saturated rings. The molecule has 86 valence electrons. The number of carboxylic acid groups (broad SMARTS) is 1. The van der Waals surface area contributed by atoms with Crippen LogP contribution in [0.15, 0.2) is 4.36 Å². The first-order valence-electron chi connectivity index (χ1n) is 4.78. The molecule has 0 bridgehead atoms. The number of carboxylic acids is 1. The van der Waals surface area contributed by atoms with Gasteiger partial charge in [-0.2, -0.15) is 4.36 Å². The van der Waals surface area contributed by atoms with Gasteiger partial charge in [0.2, 0.25) is 0 Å². The molecule has 0 unspecified atom stereocenters. The van der Waals surface area contributed by atoms with Crippen molar-refractivity contribution in [3.8, 4) is 0 Å². The van der Waals surface area contributed by atoms with Crippen LogP contribution >= 0.6 is 0 Å². The molecule has 0 aliphatic carbocycles. The van der Waals surface area contributed by atoms with E-state index in [2.05, 4.69) is 4.36 Å². The fourth-order valence-corrected chi connectivity index (χ4v) is 3.43. The standard InChI is InChI=1S/C9H15NO4S/c1-9(2,8(12)13)7(11)10-15(14)5-3-4-6-15/h3-6H2,1-2H3,(H,12,13). The first-order valence-corrected chi connectivity index (χ1v) is 6.64. The maximum atomic E-state index is 11.9. The van der Waals surface area contributed by atoms with Crippen LogP contribution in [0.5, 0.6) is 0 Å².